The average molecular weight is 471 g/mol. The number of rotatable bonds is 8. The third kappa shape index (κ3) is 4.47. The van der Waals surface area contributed by atoms with E-state index in [-0.39, 0.29) is 18.1 Å². The largest absolute Gasteiger partial charge is 0.494 e. The smallest absolute Gasteiger partial charge is 0.275 e. The number of benzene rings is 1. The molecule has 0 unspecified atom stereocenters. The predicted octanol–water partition coefficient (Wildman–Crippen LogP) is 5.88. The second kappa shape index (κ2) is 9.67. The van der Waals surface area contributed by atoms with Crippen molar-refractivity contribution in [2.24, 2.45) is 10.3 Å². The molecular formula is C23H23ClN4O3S. The van der Waals surface area contributed by atoms with Gasteiger partial charge in [0.15, 0.2) is 0 Å². The van der Waals surface area contributed by atoms with Crippen LogP contribution in [0.15, 0.2) is 51.5 Å². The highest BCUT2D eigenvalue weighted by Crippen LogP contribution is 2.38. The van der Waals surface area contributed by atoms with Crippen LogP contribution in [-0.2, 0) is 11.2 Å². The number of aromatic nitrogens is 1. The molecule has 9 heteroatoms. The molecule has 32 heavy (non-hydrogen) atoms. The summed E-state index contributed by atoms with van der Waals surface area (Å²) >= 11 is 8.12. The van der Waals surface area contributed by atoms with E-state index in [1.54, 1.807) is 17.4 Å². The molecule has 3 aromatic rings. The maximum absolute atomic E-state index is 13.2. The van der Waals surface area contributed by atoms with Crippen LogP contribution in [0.25, 0.3) is 21.7 Å². The maximum atomic E-state index is 13.2. The lowest BCUT2D eigenvalue weighted by molar-refractivity contribution is -0.116. The molecule has 166 valence electrons. The standard InChI is InChI=1S/C23H23ClN4O3S/c1-3-5-10-31-14-6-8-16(18(24)11-14)19-12-17(20-9-7-15(4-2)32-20)22(23(30)26-19)28-21(29)13-25-27-28/h6-9,11-12H,3-5,10,13H2,1-2H3,(H,26,30). The average Bonchev–Trinajstić information content (AvgIpc) is 3.42. The fraction of sp³-hybridized carbons (Fsp3) is 0.304. The maximum Gasteiger partial charge on any atom is 0.275 e. The van der Waals surface area contributed by atoms with Gasteiger partial charge in [-0.05, 0) is 49.2 Å². The van der Waals surface area contributed by atoms with Gasteiger partial charge in [-0.2, -0.15) is 10.1 Å². The van der Waals surface area contributed by atoms with Crippen LogP contribution in [0.2, 0.25) is 5.02 Å². The number of unbranched alkanes of at least 4 members (excludes halogenated alkanes) is 1. The molecule has 1 aliphatic heterocycles. The molecule has 2 aromatic heterocycles. The van der Waals surface area contributed by atoms with Gasteiger partial charge < -0.3 is 9.72 Å². The summed E-state index contributed by atoms with van der Waals surface area (Å²) in [6, 6.07) is 11.2. The van der Waals surface area contributed by atoms with E-state index in [9.17, 15) is 9.59 Å². The SMILES string of the molecule is CCCCOc1ccc(-c2cc(-c3ccc(CC)s3)c(N3N=NCC3=O)c(=O)[nH]2)c(Cl)c1. The van der Waals surface area contributed by atoms with Crippen molar-refractivity contribution in [1.29, 1.82) is 0 Å². The summed E-state index contributed by atoms with van der Waals surface area (Å²) in [6.07, 6.45) is 2.89. The highest BCUT2D eigenvalue weighted by Gasteiger charge is 2.28. The van der Waals surface area contributed by atoms with Crippen molar-refractivity contribution in [2.75, 3.05) is 18.2 Å². The highest BCUT2D eigenvalue weighted by molar-refractivity contribution is 7.15. The summed E-state index contributed by atoms with van der Waals surface area (Å²) in [5.74, 6) is 0.337. The minimum Gasteiger partial charge on any atom is -0.494 e. The first-order chi connectivity index (χ1) is 15.5. The molecule has 1 aliphatic rings. The van der Waals surface area contributed by atoms with Crippen molar-refractivity contribution >= 4 is 34.5 Å². The Hall–Kier alpha value is -2.97. The third-order valence-electron chi connectivity index (χ3n) is 5.09. The van der Waals surface area contributed by atoms with Gasteiger partial charge >= 0.3 is 0 Å². The van der Waals surface area contributed by atoms with E-state index in [1.165, 1.54) is 4.88 Å². The second-order valence-electron chi connectivity index (χ2n) is 7.33. The summed E-state index contributed by atoms with van der Waals surface area (Å²) in [7, 11) is 0. The normalized spacial score (nSPS) is 13.2. The monoisotopic (exact) mass is 470 g/mol. The topological polar surface area (TPSA) is 87.1 Å². The van der Waals surface area contributed by atoms with E-state index in [2.05, 4.69) is 29.2 Å². The fourth-order valence-corrected chi connectivity index (χ4v) is 4.63. The lowest BCUT2D eigenvalue weighted by Gasteiger charge is -2.16. The zero-order valence-corrected chi connectivity index (χ0v) is 19.4. The molecule has 1 N–H and O–H groups in total. The van der Waals surface area contributed by atoms with E-state index < -0.39 is 5.56 Å². The van der Waals surface area contributed by atoms with Crippen LogP contribution in [0, 0.1) is 0 Å². The van der Waals surface area contributed by atoms with Crippen LogP contribution in [-0.4, -0.2) is 24.0 Å². The molecule has 0 aliphatic carbocycles. The molecule has 0 fully saturated rings. The Morgan fingerprint density at radius 1 is 1.16 bits per heavy atom. The van der Waals surface area contributed by atoms with Gasteiger partial charge in [-0.15, -0.1) is 11.3 Å². The molecular weight excluding hydrogens is 448 g/mol. The molecule has 0 saturated heterocycles. The Kier molecular flexibility index (Phi) is 6.72. The molecule has 1 aromatic carbocycles. The molecule has 1 amide bonds. The molecule has 0 radical (unpaired) electrons. The number of carbonyl (C=O) groups is 1. The third-order valence-corrected chi connectivity index (χ3v) is 6.66. The summed E-state index contributed by atoms with van der Waals surface area (Å²) < 4.78 is 5.73. The molecule has 0 atom stereocenters. The number of carbonyl (C=O) groups excluding carboxylic acids is 1. The summed E-state index contributed by atoms with van der Waals surface area (Å²) in [5, 5.41) is 9.19. The lowest BCUT2D eigenvalue weighted by Crippen LogP contribution is -2.29. The Morgan fingerprint density at radius 2 is 2.00 bits per heavy atom. The van der Waals surface area contributed by atoms with Crippen molar-refractivity contribution in [3.63, 3.8) is 0 Å². The summed E-state index contributed by atoms with van der Waals surface area (Å²) in [4.78, 5) is 30.3. The number of hydrogen-bond donors (Lipinski definition) is 1. The number of thiophene rings is 1. The zero-order valence-electron chi connectivity index (χ0n) is 17.9. The molecule has 0 saturated carbocycles. The number of pyridine rings is 1. The van der Waals surface area contributed by atoms with Crippen LogP contribution in [0.1, 0.15) is 31.6 Å². The number of H-pyrrole nitrogens is 1. The van der Waals surface area contributed by atoms with Crippen molar-refractivity contribution in [3.05, 3.63) is 56.7 Å². The molecule has 3 heterocycles. The number of amides is 1. The number of aryl methyl sites for hydroxylation is 1. The quantitative estimate of drug-likeness (QED) is 0.417. The van der Waals surface area contributed by atoms with Crippen molar-refractivity contribution < 1.29 is 9.53 Å². The fourth-order valence-electron chi connectivity index (χ4n) is 3.39. The zero-order chi connectivity index (χ0) is 22.7. The van der Waals surface area contributed by atoms with Gasteiger partial charge in [0, 0.05) is 20.9 Å². The van der Waals surface area contributed by atoms with E-state index in [1.807, 2.05) is 30.3 Å². The first kappa shape index (κ1) is 22.2. The van der Waals surface area contributed by atoms with Gasteiger partial charge in [0.2, 0.25) is 0 Å². The number of aromatic amines is 1. The Balaban J connectivity index is 1.80. The van der Waals surface area contributed by atoms with Gasteiger partial charge in [-0.3, -0.25) is 9.59 Å². The number of nitrogens with one attached hydrogen (secondary N) is 1. The number of hydrogen-bond acceptors (Lipinski definition) is 6. The van der Waals surface area contributed by atoms with Crippen LogP contribution >= 0.6 is 22.9 Å². The number of halogens is 1. The minimum atomic E-state index is -0.433. The Labute approximate surface area is 194 Å². The number of nitrogens with zero attached hydrogens (tertiary/aromatic N) is 3. The van der Waals surface area contributed by atoms with Gasteiger partial charge in [0.25, 0.3) is 11.5 Å². The highest BCUT2D eigenvalue weighted by atomic mass is 35.5. The van der Waals surface area contributed by atoms with Crippen LogP contribution in [0.3, 0.4) is 0 Å². The first-order valence-electron chi connectivity index (χ1n) is 10.5. The Bertz CT molecular complexity index is 1230. The predicted molar refractivity (Wildman–Crippen MR) is 128 cm³/mol. The number of anilines is 1. The molecule has 0 spiro atoms. The summed E-state index contributed by atoms with van der Waals surface area (Å²) in [6.45, 7) is 4.72. The van der Waals surface area contributed by atoms with Crippen LogP contribution in [0.5, 0.6) is 5.75 Å². The van der Waals surface area contributed by atoms with Gasteiger partial charge in [0.1, 0.15) is 18.0 Å². The van der Waals surface area contributed by atoms with E-state index in [0.717, 1.165) is 29.1 Å². The lowest BCUT2D eigenvalue weighted by atomic mass is 10.1. The first-order valence-corrected chi connectivity index (χ1v) is 11.7. The van der Waals surface area contributed by atoms with E-state index >= 15 is 0 Å². The van der Waals surface area contributed by atoms with Crippen molar-refractivity contribution in [3.8, 4) is 27.4 Å². The van der Waals surface area contributed by atoms with Crippen molar-refractivity contribution in [1.82, 2.24) is 4.98 Å². The molecule has 4 rings (SSSR count). The minimum absolute atomic E-state index is 0.0728. The van der Waals surface area contributed by atoms with Gasteiger partial charge in [-0.1, -0.05) is 37.1 Å². The molecule has 0 bridgehead atoms. The second-order valence-corrected chi connectivity index (χ2v) is 8.91. The van der Waals surface area contributed by atoms with Crippen molar-refractivity contribution in [2.45, 2.75) is 33.1 Å². The van der Waals surface area contributed by atoms with E-state index in [0.29, 0.717) is 34.2 Å². The van der Waals surface area contributed by atoms with Crippen LogP contribution in [0.4, 0.5) is 5.69 Å². The van der Waals surface area contributed by atoms with Gasteiger partial charge in [0.05, 0.1) is 17.3 Å². The van der Waals surface area contributed by atoms with Gasteiger partial charge in [-0.25, -0.2) is 0 Å². The van der Waals surface area contributed by atoms with E-state index in [4.69, 9.17) is 16.3 Å². The molecule has 7 nitrogen and oxygen atoms in total. The van der Waals surface area contributed by atoms with Crippen LogP contribution < -0.4 is 15.3 Å². The summed E-state index contributed by atoms with van der Waals surface area (Å²) in [5.41, 5.74) is 1.56. The number of ether oxygens (including phenoxy) is 1. The Morgan fingerprint density at radius 3 is 2.66 bits per heavy atom.